The van der Waals surface area contributed by atoms with E-state index in [9.17, 15) is 14.4 Å². The van der Waals surface area contributed by atoms with Gasteiger partial charge in [-0.15, -0.1) is 6.58 Å². The zero-order valence-corrected chi connectivity index (χ0v) is 12.5. The van der Waals surface area contributed by atoms with Gasteiger partial charge in [-0.1, -0.05) is 12.1 Å². The number of carbonyl (C=O) groups is 3. The van der Waals surface area contributed by atoms with Crippen LogP contribution in [-0.4, -0.2) is 28.9 Å². The standard InChI is InChI=1S/C16H20N2O4/c1-3-4-5-9-14(16(21)22)18-15(20)12-7-6-8-13(10-12)17-11(2)19/h3,6-8,10,14H,1,4-5,9H2,2H3,(H,17,19)(H,18,20)(H,21,22)/t14-/m0/s1. The fourth-order valence-corrected chi connectivity index (χ4v) is 1.91. The summed E-state index contributed by atoms with van der Waals surface area (Å²) in [7, 11) is 0. The average molecular weight is 304 g/mol. The fraction of sp³-hybridized carbons (Fsp3) is 0.312. The molecule has 6 nitrogen and oxygen atoms in total. The minimum absolute atomic E-state index is 0.245. The summed E-state index contributed by atoms with van der Waals surface area (Å²) in [5, 5.41) is 14.2. The molecular formula is C16H20N2O4. The number of benzene rings is 1. The van der Waals surface area contributed by atoms with Crippen molar-refractivity contribution in [2.24, 2.45) is 0 Å². The Morgan fingerprint density at radius 3 is 2.68 bits per heavy atom. The van der Waals surface area contributed by atoms with E-state index in [1.807, 2.05) is 0 Å². The van der Waals surface area contributed by atoms with Crippen LogP contribution in [0, 0.1) is 0 Å². The van der Waals surface area contributed by atoms with Crippen molar-refractivity contribution in [3.63, 3.8) is 0 Å². The molecule has 1 aromatic rings. The minimum atomic E-state index is -1.07. The molecule has 0 bridgehead atoms. The van der Waals surface area contributed by atoms with Crippen LogP contribution in [-0.2, 0) is 9.59 Å². The van der Waals surface area contributed by atoms with Crippen LogP contribution in [0.15, 0.2) is 36.9 Å². The quantitative estimate of drug-likeness (QED) is 0.506. The van der Waals surface area contributed by atoms with Crippen molar-refractivity contribution in [1.82, 2.24) is 5.32 Å². The van der Waals surface area contributed by atoms with Gasteiger partial charge in [0.25, 0.3) is 5.91 Å². The molecule has 0 aliphatic carbocycles. The van der Waals surface area contributed by atoms with Gasteiger partial charge >= 0.3 is 5.97 Å². The number of anilines is 1. The zero-order chi connectivity index (χ0) is 16.5. The van der Waals surface area contributed by atoms with Gasteiger partial charge in [-0.3, -0.25) is 9.59 Å². The first-order chi connectivity index (χ1) is 10.4. The van der Waals surface area contributed by atoms with Gasteiger partial charge in [-0.2, -0.15) is 0 Å². The number of rotatable bonds is 8. The molecule has 0 fully saturated rings. The molecule has 1 aromatic carbocycles. The molecule has 0 radical (unpaired) electrons. The Morgan fingerprint density at radius 2 is 2.09 bits per heavy atom. The monoisotopic (exact) mass is 304 g/mol. The zero-order valence-electron chi connectivity index (χ0n) is 12.5. The summed E-state index contributed by atoms with van der Waals surface area (Å²) < 4.78 is 0. The van der Waals surface area contributed by atoms with Crippen molar-refractivity contribution in [2.45, 2.75) is 32.2 Å². The van der Waals surface area contributed by atoms with Gasteiger partial charge in [0.15, 0.2) is 0 Å². The minimum Gasteiger partial charge on any atom is -0.480 e. The number of carboxylic acid groups (broad SMARTS) is 1. The summed E-state index contributed by atoms with van der Waals surface area (Å²) in [6.07, 6.45) is 3.36. The van der Waals surface area contributed by atoms with E-state index >= 15 is 0 Å². The molecule has 0 saturated heterocycles. The van der Waals surface area contributed by atoms with E-state index in [4.69, 9.17) is 5.11 Å². The van der Waals surface area contributed by atoms with E-state index in [1.54, 1.807) is 24.3 Å². The van der Waals surface area contributed by atoms with E-state index in [0.29, 0.717) is 30.5 Å². The van der Waals surface area contributed by atoms with Gasteiger partial charge in [-0.25, -0.2) is 4.79 Å². The third-order valence-electron chi connectivity index (χ3n) is 2.95. The van der Waals surface area contributed by atoms with Gasteiger partial charge in [0, 0.05) is 18.2 Å². The van der Waals surface area contributed by atoms with Crippen LogP contribution in [0.25, 0.3) is 0 Å². The highest BCUT2D eigenvalue weighted by Crippen LogP contribution is 2.11. The Hall–Kier alpha value is -2.63. The number of nitrogens with one attached hydrogen (secondary N) is 2. The Labute approximate surface area is 129 Å². The summed E-state index contributed by atoms with van der Waals surface area (Å²) >= 11 is 0. The van der Waals surface area contributed by atoms with Crippen LogP contribution in [0.2, 0.25) is 0 Å². The second kappa shape index (κ2) is 8.61. The largest absolute Gasteiger partial charge is 0.480 e. The highest BCUT2D eigenvalue weighted by Gasteiger charge is 2.20. The van der Waals surface area contributed by atoms with Crippen molar-refractivity contribution in [3.05, 3.63) is 42.5 Å². The third-order valence-corrected chi connectivity index (χ3v) is 2.95. The first kappa shape index (κ1) is 17.4. The van der Waals surface area contributed by atoms with E-state index in [0.717, 1.165) is 0 Å². The smallest absolute Gasteiger partial charge is 0.326 e. The Bertz CT molecular complexity index is 569. The van der Waals surface area contributed by atoms with Crippen LogP contribution in [0.1, 0.15) is 36.5 Å². The predicted octanol–water partition coefficient (Wildman–Crippen LogP) is 2.18. The van der Waals surface area contributed by atoms with Crippen LogP contribution in [0.4, 0.5) is 5.69 Å². The fourth-order valence-electron chi connectivity index (χ4n) is 1.91. The first-order valence-electron chi connectivity index (χ1n) is 6.96. The summed E-state index contributed by atoms with van der Waals surface area (Å²) in [5.74, 6) is -1.81. The maximum absolute atomic E-state index is 12.1. The molecule has 22 heavy (non-hydrogen) atoms. The lowest BCUT2D eigenvalue weighted by molar-refractivity contribution is -0.139. The number of carboxylic acids is 1. The molecule has 0 saturated carbocycles. The normalized spacial score (nSPS) is 11.3. The topological polar surface area (TPSA) is 95.5 Å². The van der Waals surface area contributed by atoms with Crippen molar-refractivity contribution in [1.29, 1.82) is 0 Å². The summed E-state index contributed by atoms with van der Waals surface area (Å²) in [5.41, 5.74) is 0.778. The maximum atomic E-state index is 12.1. The van der Waals surface area contributed by atoms with Crippen molar-refractivity contribution >= 4 is 23.5 Å². The Morgan fingerprint density at radius 1 is 1.36 bits per heavy atom. The maximum Gasteiger partial charge on any atom is 0.326 e. The second-order valence-corrected chi connectivity index (χ2v) is 4.85. The molecule has 1 atom stereocenters. The lowest BCUT2D eigenvalue weighted by Gasteiger charge is -2.14. The van der Waals surface area contributed by atoms with Gasteiger partial charge in [-0.05, 0) is 37.5 Å². The third kappa shape index (κ3) is 5.78. The molecule has 6 heteroatoms. The number of amides is 2. The lowest BCUT2D eigenvalue weighted by Crippen LogP contribution is -2.40. The number of hydrogen-bond acceptors (Lipinski definition) is 3. The van der Waals surface area contributed by atoms with Gasteiger partial charge in [0.2, 0.25) is 5.91 Å². The number of unbranched alkanes of at least 4 members (excludes halogenated alkanes) is 1. The van der Waals surface area contributed by atoms with E-state index in [2.05, 4.69) is 17.2 Å². The highest BCUT2D eigenvalue weighted by molar-refractivity contribution is 5.98. The Balaban J connectivity index is 2.74. The highest BCUT2D eigenvalue weighted by atomic mass is 16.4. The lowest BCUT2D eigenvalue weighted by atomic mass is 10.1. The number of allylic oxidation sites excluding steroid dienone is 1. The molecule has 2 amide bonds. The molecule has 3 N–H and O–H groups in total. The summed E-state index contributed by atoms with van der Waals surface area (Å²) in [6.45, 7) is 4.94. The number of aliphatic carboxylic acids is 1. The molecule has 0 aliphatic heterocycles. The van der Waals surface area contributed by atoms with E-state index < -0.39 is 17.9 Å². The molecule has 0 aliphatic rings. The van der Waals surface area contributed by atoms with Crippen LogP contribution < -0.4 is 10.6 Å². The van der Waals surface area contributed by atoms with E-state index in [-0.39, 0.29) is 5.91 Å². The summed E-state index contributed by atoms with van der Waals surface area (Å²) in [6, 6.07) is 5.38. The molecule has 0 spiro atoms. The predicted molar refractivity (Wildman–Crippen MR) is 83.7 cm³/mol. The molecule has 0 unspecified atom stereocenters. The van der Waals surface area contributed by atoms with Gasteiger partial charge < -0.3 is 15.7 Å². The molecule has 118 valence electrons. The van der Waals surface area contributed by atoms with E-state index in [1.165, 1.54) is 13.0 Å². The number of hydrogen-bond donors (Lipinski definition) is 3. The van der Waals surface area contributed by atoms with Crippen LogP contribution in [0.5, 0.6) is 0 Å². The Kier molecular flexibility index (Phi) is 6.82. The van der Waals surface area contributed by atoms with Gasteiger partial charge in [0.05, 0.1) is 0 Å². The second-order valence-electron chi connectivity index (χ2n) is 4.85. The molecule has 1 rings (SSSR count). The average Bonchev–Trinajstić information content (AvgIpc) is 2.45. The van der Waals surface area contributed by atoms with Crippen LogP contribution >= 0.6 is 0 Å². The SMILES string of the molecule is C=CCCC[C@H](NC(=O)c1cccc(NC(C)=O)c1)C(=O)O. The molecule has 0 aromatic heterocycles. The van der Waals surface area contributed by atoms with Crippen molar-refractivity contribution < 1.29 is 19.5 Å². The molecular weight excluding hydrogens is 284 g/mol. The van der Waals surface area contributed by atoms with Gasteiger partial charge in [0.1, 0.15) is 6.04 Å². The van der Waals surface area contributed by atoms with Crippen LogP contribution in [0.3, 0.4) is 0 Å². The number of carbonyl (C=O) groups excluding carboxylic acids is 2. The molecule has 0 heterocycles. The van der Waals surface area contributed by atoms with Crippen molar-refractivity contribution in [2.75, 3.05) is 5.32 Å². The first-order valence-corrected chi connectivity index (χ1v) is 6.96. The van der Waals surface area contributed by atoms with Crippen molar-refractivity contribution in [3.8, 4) is 0 Å². The summed E-state index contributed by atoms with van der Waals surface area (Å²) in [4.78, 5) is 34.3.